The molecule has 0 bridgehead atoms. The molecule has 4 rings (SSSR count). The first-order valence-corrected chi connectivity index (χ1v) is 14.6. The second kappa shape index (κ2) is 11.3. The Kier molecular flexibility index (Phi) is 8.11. The lowest BCUT2D eigenvalue weighted by Gasteiger charge is -2.24. The standard InChI is InChI=1S/C29H32N2O3S2/c1-4-6-7-22-10-12-24(13-11-22)30-29(32)28-20-23-19-25(14-17-27(23)35-28)31(18-5-2)36(33,34)26-15-8-21(3)9-16-26/h8-17,19-20H,4-7,18H2,1-3H3,(H,30,32). The first-order valence-electron chi connectivity index (χ1n) is 12.3. The van der Waals surface area contributed by atoms with Gasteiger partial charge in [0.15, 0.2) is 0 Å². The van der Waals surface area contributed by atoms with Crippen LogP contribution in [0.5, 0.6) is 0 Å². The largest absolute Gasteiger partial charge is 0.321 e. The minimum absolute atomic E-state index is 0.170. The number of nitrogens with one attached hydrogen (secondary N) is 1. The minimum Gasteiger partial charge on any atom is -0.321 e. The Morgan fingerprint density at radius 3 is 2.31 bits per heavy atom. The summed E-state index contributed by atoms with van der Waals surface area (Å²) in [6.45, 7) is 6.43. The van der Waals surface area contributed by atoms with Crippen molar-refractivity contribution in [3.05, 3.63) is 88.8 Å². The van der Waals surface area contributed by atoms with Crippen LogP contribution in [-0.2, 0) is 16.4 Å². The van der Waals surface area contributed by atoms with E-state index in [1.165, 1.54) is 21.2 Å². The van der Waals surface area contributed by atoms with Crippen molar-refractivity contribution < 1.29 is 13.2 Å². The molecule has 36 heavy (non-hydrogen) atoms. The maximum absolute atomic E-state index is 13.4. The van der Waals surface area contributed by atoms with Gasteiger partial charge in [0.1, 0.15) is 0 Å². The zero-order valence-electron chi connectivity index (χ0n) is 21.0. The fraction of sp³-hybridized carbons (Fsp3) is 0.276. The third-order valence-electron chi connectivity index (χ3n) is 6.08. The van der Waals surface area contributed by atoms with Gasteiger partial charge < -0.3 is 5.32 Å². The molecule has 0 fully saturated rings. The van der Waals surface area contributed by atoms with Crippen molar-refractivity contribution >= 4 is 48.7 Å². The van der Waals surface area contributed by atoms with E-state index in [4.69, 9.17) is 0 Å². The molecular weight excluding hydrogens is 488 g/mol. The van der Waals surface area contributed by atoms with E-state index in [-0.39, 0.29) is 10.8 Å². The summed E-state index contributed by atoms with van der Waals surface area (Å²) < 4.78 is 29.3. The summed E-state index contributed by atoms with van der Waals surface area (Å²) in [5.74, 6) is -0.170. The third-order valence-corrected chi connectivity index (χ3v) is 9.03. The van der Waals surface area contributed by atoms with Gasteiger partial charge in [-0.05, 0) is 85.7 Å². The van der Waals surface area contributed by atoms with Gasteiger partial charge in [-0.25, -0.2) is 8.42 Å². The van der Waals surface area contributed by atoms with Crippen molar-refractivity contribution in [1.29, 1.82) is 0 Å². The van der Waals surface area contributed by atoms with Gasteiger partial charge in [-0.2, -0.15) is 0 Å². The van der Waals surface area contributed by atoms with Crippen LogP contribution in [0.4, 0.5) is 11.4 Å². The van der Waals surface area contributed by atoms with Crippen molar-refractivity contribution in [2.24, 2.45) is 0 Å². The number of anilines is 2. The van der Waals surface area contributed by atoms with Gasteiger partial charge in [-0.1, -0.05) is 50.1 Å². The summed E-state index contributed by atoms with van der Waals surface area (Å²) in [6, 6.07) is 22.3. The average Bonchev–Trinajstić information content (AvgIpc) is 3.31. The maximum atomic E-state index is 13.4. The van der Waals surface area contributed by atoms with Gasteiger partial charge in [-0.3, -0.25) is 9.10 Å². The molecule has 0 aliphatic carbocycles. The van der Waals surface area contributed by atoms with E-state index >= 15 is 0 Å². The average molecular weight is 521 g/mol. The van der Waals surface area contributed by atoms with Crippen LogP contribution >= 0.6 is 11.3 Å². The number of hydrogen-bond donors (Lipinski definition) is 1. The lowest BCUT2D eigenvalue weighted by atomic mass is 10.1. The summed E-state index contributed by atoms with van der Waals surface area (Å²) in [5.41, 5.74) is 3.63. The van der Waals surface area contributed by atoms with Gasteiger partial charge >= 0.3 is 0 Å². The SMILES string of the molecule is CCCCc1ccc(NC(=O)c2cc3cc(N(CCC)S(=O)(=O)c4ccc(C)cc4)ccc3s2)cc1. The van der Waals surface area contributed by atoms with Crippen LogP contribution in [0.15, 0.2) is 77.7 Å². The molecule has 1 N–H and O–H groups in total. The fourth-order valence-electron chi connectivity index (χ4n) is 4.05. The molecule has 0 saturated heterocycles. The van der Waals surface area contributed by atoms with E-state index in [0.717, 1.165) is 40.6 Å². The van der Waals surface area contributed by atoms with Crippen LogP contribution in [0, 0.1) is 6.92 Å². The number of rotatable bonds is 10. The Morgan fingerprint density at radius 2 is 1.64 bits per heavy atom. The number of carbonyl (C=O) groups excluding carboxylic acids is 1. The Bertz CT molecular complexity index is 1440. The van der Waals surface area contributed by atoms with Gasteiger partial charge in [0.25, 0.3) is 15.9 Å². The molecular formula is C29H32N2O3S2. The summed E-state index contributed by atoms with van der Waals surface area (Å²) in [5, 5.41) is 3.82. The maximum Gasteiger partial charge on any atom is 0.265 e. The molecule has 5 nitrogen and oxygen atoms in total. The number of unbranched alkanes of at least 4 members (excludes halogenated alkanes) is 1. The van der Waals surface area contributed by atoms with Crippen LogP contribution in [0.2, 0.25) is 0 Å². The van der Waals surface area contributed by atoms with Crippen molar-refractivity contribution in [3.63, 3.8) is 0 Å². The van der Waals surface area contributed by atoms with Gasteiger partial charge in [-0.15, -0.1) is 11.3 Å². The first-order chi connectivity index (χ1) is 17.3. The predicted octanol–water partition coefficient (Wildman–Crippen LogP) is 7.41. The normalized spacial score (nSPS) is 11.5. The zero-order chi connectivity index (χ0) is 25.7. The number of amides is 1. The monoisotopic (exact) mass is 520 g/mol. The highest BCUT2D eigenvalue weighted by Crippen LogP contribution is 2.32. The molecule has 0 unspecified atom stereocenters. The number of hydrogen-bond acceptors (Lipinski definition) is 4. The van der Waals surface area contributed by atoms with Crippen molar-refractivity contribution in [2.75, 3.05) is 16.2 Å². The Hall–Kier alpha value is -3.16. The summed E-state index contributed by atoms with van der Waals surface area (Å²) in [6.07, 6.45) is 4.02. The number of sulfonamides is 1. The van der Waals surface area contributed by atoms with E-state index in [1.54, 1.807) is 12.1 Å². The second-order valence-electron chi connectivity index (χ2n) is 8.98. The predicted molar refractivity (Wildman–Crippen MR) is 151 cm³/mol. The van der Waals surface area contributed by atoms with E-state index in [1.807, 2.05) is 62.4 Å². The van der Waals surface area contributed by atoms with E-state index in [9.17, 15) is 13.2 Å². The van der Waals surface area contributed by atoms with Gasteiger partial charge in [0.2, 0.25) is 0 Å². The number of benzene rings is 3. The number of aryl methyl sites for hydroxylation is 2. The third kappa shape index (κ3) is 5.79. The molecule has 3 aromatic carbocycles. The topological polar surface area (TPSA) is 66.5 Å². The fourth-order valence-corrected chi connectivity index (χ4v) is 6.54. The molecule has 0 saturated carbocycles. The number of fused-ring (bicyclic) bond motifs is 1. The van der Waals surface area contributed by atoms with E-state index in [2.05, 4.69) is 24.4 Å². The molecule has 0 aliphatic rings. The van der Waals surface area contributed by atoms with Gasteiger partial charge in [0, 0.05) is 16.9 Å². The molecule has 4 aromatic rings. The molecule has 188 valence electrons. The number of nitrogens with zero attached hydrogens (tertiary/aromatic N) is 1. The Balaban J connectivity index is 1.57. The lowest BCUT2D eigenvalue weighted by Crippen LogP contribution is -2.31. The number of carbonyl (C=O) groups is 1. The molecule has 1 heterocycles. The number of thiophene rings is 1. The molecule has 0 radical (unpaired) electrons. The Labute approximate surface area is 217 Å². The molecule has 7 heteroatoms. The lowest BCUT2D eigenvalue weighted by molar-refractivity contribution is 0.103. The van der Waals surface area contributed by atoms with E-state index in [0.29, 0.717) is 23.5 Å². The van der Waals surface area contributed by atoms with E-state index < -0.39 is 10.0 Å². The van der Waals surface area contributed by atoms with Crippen molar-refractivity contribution in [3.8, 4) is 0 Å². The molecule has 0 atom stereocenters. The van der Waals surface area contributed by atoms with Crippen LogP contribution in [0.25, 0.3) is 10.1 Å². The zero-order valence-corrected chi connectivity index (χ0v) is 22.6. The highest BCUT2D eigenvalue weighted by Gasteiger charge is 2.25. The first kappa shape index (κ1) is 25.9. The van der Waals surface area contributed by atoms with Crippen LogP contribution in [0.3, 0.4) is 0 Å². The van der Waals surface area contributed by atoms with Crippen LogP contribution < -0.4 is 9.62 Å². The summed E-state index contributed by atoms with van der Waals surface area (Å²) in [7, 11) is -3.70. The quantitative estimate of drug-likeness (QED) is 0.237. The summed E-state index contributed by atoms with van der Waals surface area (Å²) >= 11 is 1.40. The smallest absolute Gasteiger partial charge is 0.265 e. The second-order valence-corrected chi connectivity index (χ2v) is 11.9. The van der Waals surface area contributed by atoms with Gasteiger partial charge in [0.05, 0.1) is 15.5 Å². The molecule has 1 amide bonds. The highest BCUT2D eigenvalue weighted by atomic mass is 32.2. The van der Waals surface area contributed by atoms with Crippen LogP contribution in [0.1, 0.15) is 53.9 Å². The molecule has 0 aliphatic heterocycles. The molecule has 0 spiro atoms. The van der Waals surface area contributed by atoms with Crippen LogP contribution in [-0.4, -0.2) is 20.9 Å². The molecule has 1 aromatic heterocycles. The Morgan fingerprint density at radius 1 is 0.917 bits per heavy atom. The van der Waals surface area contributed by atoms with Crippen molar-refractivity contribution in [2.45, 2.75) is 51.3 Å². The van der Waals surface area contributed by atoms with Crippen molar-refractivity contribution in [1.82, 2.24) is 0 Å². The minimum atomic E-state index is -3.70. The highest BCUT2D eigenvalue weighted by molar-refractivity contribution is 7.92. The summed E-state index contributed by atoms with van der Waals surface area (Å²) in [4.78, 5) is 13.8.